The number of carbonyl (C=O) groups is 1. The number of rotatable bonds is 2. The van der Waals surface area contributed by atoms with Crippen molar-refractivity contribution in [1.29, 1.82) is 5.41 Å². The molecule has 9 N–H and O–H groups in total. The second-order valence-corrected chi connectivity index (χ2v) is 3.07. The third-order valence-corrected chi connectivity index (χ3v) is 1.46. The standard InChI is InChI=1S/C10H11N3O.CH5N3/c11-10(12)13-9(14)7-6-8-4-2-1-3-5-8;2-1(3)4/h1-7H,(H4,11,12,13,14);(H5,2,3,4). The zero-order valence-corrected chi connectivity index (χ0v) is 9.71. The maximum atomic E-state index is 11.0. The van der Waals surface area contributed by atoms with Gasteiger partial charge in [-0.2, -0.15) is 4.99 Å². The van der Waals surface area contributed by atoms with Crippen LogP contribution in [0.4, 0.5) is 0 Å². The molecule has 0 atom stereocenters. The molecule has 1 aromatic rings. The third kappa shape index (κ3) is 9.71. The number of hydrogen-bond donors (Lipinski definition) is 5. The molecule has 0 aromatic heterocycles. The van der Waals surface area contributed by atoms with Crippen molar-refractivity contribution in [3.05, 3.63) is 42.0 Å². The number of nitrogens with two attached hydrogens (primary N) is 4. The van der Waals surface area contributed by atoms with Crippen LogP contribution in [0.15, 0.2) is 41.4 Å². The summed E-state index contributed by atoms with van der Waals surface area (Å²) in [5.41, 5.74) is 19.9. The fraction of sp³-hybridized carbons (Fsp3) is 0. The number of aliphatic imine (C=N–C) groups is 1. The Morgan fingerprint density at radius 1 is 1.11 bits per heavy atom. The lowest BCUT2D eigenvalue weighted by Crippen LogP contribution is -2.23. The molecule has 1 aromatic carbocycles. The molecule has 7 nitrogen and oxygen atoms in total. The van der Waals surface area contributed by atoms with Crippen molar-refractivity contribution < 1.29 is 4.79 Å². The largest absolute Gasteiger partial charge is 0.370 e. The van der Waals surface area contributed by atoms with Crippen LogP contribution in [0, 0.1) is 5.41 Å². The molecule has 0 aliphatic carbocycles. The summed E-state index contributed by atoms with van der Waals surface area (Å²) in [5.74, 6) is -1.03. The Kier molecular flexibility index (Phi) is 7.03. The SMILES string of the molecule is N=C(N)N.NC(N)=NC(=O)C=Cc1ccccc1. The Bertz CT molecular complexity index is 444. The van der Waals surface area contributed by atoms with E-state index in [4.69, 9.17) is 16.9 Å². The summed E-state index contributed by atoms with van der Waals surface area (Å²) in [6.45, 7) is 0. The van der Waals surface area contributed by atoms with Gasteiger partial charge in [0.15, 0.2) is 11.9 Å². The van der Waals surface area contributed by atoms with Crippen LogP contribution in [0.1, 0.15) is 5.56 Å². The first-order valence-electron chi connectivity index (χ1n) is 4.88. The molecule has 0 spiro atoms. The monoisotopic (exact) mass is 248 g/mol. The molecule has 0 saturated heterocycles. The molecule has 0 radical (unpaired) electrons. The van der Waals surface area contributed by atoms with E-state index in [0.717, 1.165) is 5.56 Å². The molecule has 0 aliphatic rings. The zero-order chi connectivity index (χ0) is 14.0. The van der Waals surface area contributed by atoms with Gasteiger partial charge in [-0.05, 0) is 11.6 Å². The summed E-state index contributed by atoms with van der Waals surface area (Å²) in [6, 6.07) is 9.41. The molecule has 96 valence electrons. The van der Waals surface area contributed by atoms with Gasteiger partial charge in [-0.3, -0.25) is 10.2 Å². The van der Waals surface area contributed by atoms with E-state index in [1.54, 1.807) is 6.08 Å². The second kappa shape index (κ2) is 8.34. The highest BCUT2D eigenvalue weighted by atomic mass is 16.1. The fourth-order valence-electron chi connectivity index (χ4n) is 0.896. The van der Waals surface area contributed by atoms with Crippen LogP contribution in [0.3, 0.4) is 0 Å². The Labute approximate surface area is 105 Å². The molecule has 18 heavy (non-hydrogen) atoms. The van der Waals surface area contributed by atoms with E-state index in [2.05, 4.69) is 16.5 Å². The number of nitrogens with zero attached hydrogens (tertiary/aromatic N) is 1. The van der Waals surface area contributed by atoms with Gasteiger partial charge in [0.25, 0.3) is 5.91 Å². The van der Waals surface area contributed by atoms with Crippen LogP contribution in [0.25, 0.3) is 6.08 Å². The summed E-state index contributed by atoms with van der Waals surface area (Å²) >= 11 is 0. The van der Waals surface area contributed by atoms with E-state index in [9.17, 15) is 4.79 Å². The van der Waals surface area contributed by atoms with E-state index < -0.39 is 5.91 Å². The van der Waals surface area contributed by atoms with Crippen molar-refractivity contribution >= 4 is 23.9 Å². The van der Waals surface area contributed by atoms with Crippen LogP contribution < -0.4 is 22.9 Å². The summed E-state index contributed by atoms with van der Waals surface area (Å²) in [5, 5.41) is 6.06. The van der Waals surface area contributed by atoms with Crippen LogP contribution in [-0.2, 0) is 4.79 Å². The van der Waals surface area contributed by atoms with E-state index >= 15 is 0 Å². The highest BCUT2D eigenvalue weighted by Crippen LogP contribution is 2.00. The molecule has 1 rings (SSSR count). The molecule has 7 heteroatoms. The number of nitrogens with one attached hydrogen (secondary N) is 1. The lowest BCUT2D eigenvalue weighted by molar-refractivity contribution is -0.113. The lowest BCUT2D eigenvalue weighted by atomic mass is 10.2. The molecule has 0 unspecified atom stereocenters. The highest BCUT2D eigenvalue weighted by molar-refractivity contribution is 5.99. The topological polar surface area (TPSA) is 157 Å². The quantitative estimate of drug-likeness (QED) is 0.266. The Morgan fingerprint density at radius 2 is 1.61 bits per heavy atom. The van der Waals surface area contributed by atoms with Crippen LogP contribution in [-0.4, -0.2) is 17.8 Å². The predicted molar refractivity (Wildman–Crippen MR) is 72.4 cm³/mol. The van der Waals surface area contributed by atoms with Crippen LogP contribution >= 0.6 is 0 Å². The van der Waals surface area contributed by atoms with Gasteiger partial charge < -0.3 is 22.9 Å². The van der Waals surface area contributed by atoms with Crippen molar-refractivity contribution in [2.24, 2.45) is 27.9 Å². The first-order valence-corrected chi connectivity index (χ1v) is 4.88. The summed E-state index contributed by atoms with van der Waals surface area (Å²) in [7, 11) is 0. The van der Waals surface area contributed by atoms with Gasteiger partial charge in [0.2, 0.25) is 0 Å². The average Bonchev–Trinajstić information content (AvgIpc) is 2.26. The fourth-order valence-corrected chi connectivity index (χ4v) is 0.896. The highest BCUT2D eigenvalue weighted by Gasteiger charge is 1.91. The van der Waals surface area contributed by atoms with Crippen LogP contribution in [0.2, 0.25) is 0 Å². The summed E-state index contributed by atoms with van der Waals surface area (Å²) in [4.78, 5) is 14.3. The number of carbonyl (C=O) groups excluding carboxylic acids is 1. The van der Waals surface area contributed by atoms with Crippen molar-refractivity contribution in [3.8, 4) is 0 Å². The number of hydrogen-bond acceptors (Lipinski definition) is 2. The minimum absolute atomic E-state index is 0.229. The maximum Gasteiger partial charge on any atom is 0.272 e. The van der Waals surface area contributed by atoms with Gasteiger partial charge in [0.1, 0.15) is 0 Å². The molecule has 1 amide bonds. The van der Waals surface area contributed by atoms with Crippen molar-refractivity contribution in [2.75, 3.05) is 0 Å². The van der Waals surface area contributed by atoms with Crippen molar-refractivity contribution in [3.63, 3.8) is 0 Å². The zero-order valence-electron chi connectivity index (χ0n) is 9.71. The van der Waals surface area contributed by atoms with Crippen LogP contribution in [0.5, 0.6) is 0 Å². The van der Waals surface area contributed by atoms with Gasteiger partial charge in [0.05, 0.1) is 0 Å². The van der Waals surface area contributed by atoms with Gasteiger partial charge in [-0.1, -0.05) is 30.3 Å². The normalized spacial score (nSPS) is 9.11. The predicted octanol–water partition coefficient (Wildman–Crippen LogP) is -0.662. The van der Waals surface area contributed by atoms with E-state index in [0.29, 0.717) is 0 Å². The van der Waals surface area contributed by atoms with E-state index in [1.807, 2.05) is 30.3 Å². The van der Waals surface area contributed by atoms with Gasteiger partial charge in [-0.15, -0.1) is 0 Å². The smallest absolute Gasteiger partial charge is 0.272 e. The Balaban J connectivity index is 0.000000631. The lowest BCUT2D eigenvalue weighted by Gasteiger charge is -1.90. The van der Waals surface area contributed by atoms with Gasteiger partial charge in [-0.25, -0.2) is 0 Å². The summed E-state index contributed by atoms with van der Waals surface area (Å²) < 4.78 is 0. The first kappa shape index (κ1) is 15.2. The van der Waals surface area contributed by atoms with Crippen molar-refractivity contribution in [2.45, 2.75) is 0 Å². The molecule has 0 bridgehead atoms. The molecular weight excluding hydrogens is 232 g/mol. The Morgan fingerprint density at radius 3 is 2.06 bits per heavy atom. The third-order valence-electron chi connectivity index (χ3n) is 1.46. The van der Waals surface area contributed by atoms with Gasteiger partial charge >= 0.3 is 0 Å². The van der Waals surface area contributed by atoms with E-state index in [1.165, 1.54) is 6.08 Å². The Hall–Kier alpha value is -2.83. The summed E-state index contributed by atoms with van der Waals surface area (Å²) in [6.07, 6.45) is 2.96. The minimum Gasteiger partial charge on any atom is -0.370 e. The average molecular weight is 248 g/mol. The minimum atomic E-state index is -0.464. The maximum absolute atomic E-state index is 11.0. The number of amides is 1. The number of benzene rings is 1. The molecule has 0 saturated carbocycles. The first-order chi connectivity index (χ1) is 8.41. The number of guanidine groups is 2. The molecule has 0 fully saturated rings. The molecule has 0 aliphatic heterocycles. The second-order valence-electron chi connectivity index (χ2n) is 3.07. The molecule has 0 heterocycles. The van der Waals surface area contributed by atoms with Gasteiger partial charge in [0, 0.05) is 6.08 Å². The van der Waals surface area contributed by atoms with E-state index in [-0.39, 0.29) is 11.9 Å². The molecular formula is C11H16N6O. The van der Waals surface area contributed by atoms with Crippen molar-refractivity contribution in [1.82, 2.24) is 0 Å².